The third-order valence-electron chi connectivity index (χ3n) is 6.75. The van der Waals surface area contributed by atoms with E-state index < -0.39 is 35.7 Å². The molecule has 0 spiro atoms. The Morgan fingerprint density at radius 2 is 1.58 bits per heavy atom. The Morgan fingerprint density at radius 3 is 2.10 bits per heavy atom. The van der Waals surface area contributed by atoms with Gasteiger partial charge in [-0.3, -0.25) is 14.4 Å². The van der Waals surface area contributed by atoms with Gasteiger partial charge in [0.15, 0.2) is 6.10 Å². The quantitative estimate of drug-likeness (QED) is 0.124. The van der Waals surface area contributed by atoms with Gasteiger partial charge in [0.2, 0.25) is 12.3 Å². The molecule has 2 aromatic carbocycles. The van der Waals surface area contributed by atoms with Crippen LogP contribution in [-0.2, 0) is 36.7 Å². The molecular formula is C34H48F2N4O8. The molecule has 5 N–H and O–H groups in total. The van der Waals surface area contributed by atoms with Crippen LogP contribution in [-0.4, -0.2) is 80.4 Å². The summed E-state index contributed by atoms with van der Waals surface area (Å²) in [7, 11) is 2.89. The summed E-state index contributed by atoms with van der Waals surface area (Å²) in [6.07, 6.45) is 0.969. The second-order valence-corrected chi connectivity index (χ2v) is 12.1. The number of carboxylic acids is 1. The van der Waals surface area contributed by atoms with Gasteiger partial charge in [0.1, 0.15) is 17.2 Å². The maximum absolute atomic E-state index is 13.8. The molecule has 2 rings (SSSR count). The number of carboxylic acid groups (broad SMARTS) is 1. The summed E-state index contributed by atoms with van der Waals surface area (Å²) in [6.45, 7) is 7.98. The first kappa shape index (κ1) is 41.4. The minimum Gasteiger partial charge on any atom is -0.478 e. The van der Waals surface area contributed by atoms with E-state index in [-0.39, 0.29) is 53.9 Å². The molecule has 12 nitrogen and oxygen atoms in total. The molecule has 0 aromatic heterocycles. The van der Waals surface area contributed by atoms with Gasteiger partial charge in [-0.15, -0.1) is 0 Å². The summed E-state index contributed by atoms with van der Waals surface area (Å²) in [5.74, 6) is -2.85. The number of alkyl carbamates (subject to hydrolysis) is 1. The maximum Gasteiger partial charge on any atom is 0.407 e. The van der Waals surface area contributed by atoms with Gasteiger partial charge >= 0.3 is 12.1 Å². The number of carbonyl (C=O) groups excluding carboxylic acids is 4. The van der Waals surface area contributed by atoms with Crippen molar-refractivity contribution in [3.8, 4) is 0 Å². The Balaban J connectivity index is 0.00000112. The number of unbranched alkanes of at least 4 members (excludes halogenated alkanes) is 1. The number of amides is 4. The van der Waals surface area contributed by atoms with Crippen LogP contribution in [0.5, 0.6) is 0 Å². The van der Waals surface area contributed by atoms with E-state index in [0.29, 0.717) is 32.3 Å². The third kappa shape index (κ3) is 16.8. The van der Waals surface area contributed by atoms with Crippen LogP contribution in [0.3, 0.4) is 0 Å². The summed E-state index contributed by atoms with van der Waals surface area (Å²) in [4.78, 5) is 57.5. The van der Waals surface area contributed by atoms with Gasteiger partial charge in [-0.25, -0.2) is 18.4 Å². The van der Waals surface area contributed by atoms with E-state index in [1.54, 1.807) is 19.1 Å². The van der Waals surface area contributed by atoms with Crippen molar-refractivity contribution in [1.29, 1.82) is 0 Å². The SMILES string of the molecule is CNC(=O)OC(C)(C)C.CO[C@H](C(=O)NCCCCNC(=O)CC(C)Cc1cc(F)ccc1F)[C@@H](Cc1ccc(C(=O)O)cc1)NC=O. The molecule has 0 fully saturated rings. The first-order valence-corrected chi connectivity index (χ1v) is 15.5. The fourth-order valence-electron chi connectivity index (χ4n) is 4.49. The van der Waals surface area contributed by atoms with Gasteiger partial charge < -0.3 is 35.8 Å². The molecule has 0 aliphatic heterocycles. The van der Waals surface area contributed by atoms with Gasteiger partial charge in [-0.2, -0.15) is 0 Å². The molecule has 14 heteroatoms. The molecule has 266 valence electrons. The Labute approximate surface area is 280 Å². The summed E-state index contributed by atoms with van der Waals surface area (Å²) < 4.78 is 37.3. The van der Waals surface area contributed by atoms with Crippen LogP contribution in [0.2, 0.25) is 0 Å². The summed E-state index contributed by atoms with van der Waals surface area (Å²) in [6, 6.07) is 8.71. The lowest BCUT2D eigenvalue weighted by molar-refractivity contribution is -0.133. The first-order chi connectivity index (χ1) is 22.6. The Kier molecular flexibility index (Phi) is 18.4. The molecule has 0 aliphatic carbocycles. The molecule has 0 saturated heterocycles. The number of nitrogens with one attached hydrogen (secondary N) is 4. The zero-order chi connectivity index (χ0) is 36.3. The summed E-state index contributed by atoms with van der Waals surface area (Å²) in [5.41, 5.74) is 0.701. The van der Waals surface area contributed by atoms with E-state index in [1.807, 2.05) is 20.8 Å². The Hall–Kier alpha value is -4.59. The van der Waals surface area contributed by atoms with Crippen molar-refractivity contribution in [2.75, 3.05) is 27.2 Å². The molecular weight excluding hydrogens is 630 g/mol. The van der Waals surface area contributed by atoms with Gasteiger partial charge in [0.05, 0.1) is 11.6 Å². The van der Waals surface area contributed by atoms with Crippen molar-refractivity contribution in [3.63, 3.8) is 0 Å². The van der Waals surface area contributed by atoms with E-state index in [9.17, 15) is 32.8 Å². The lowest BCUT2D eigenvalue weighted by atomic mass is 9.97. The average Bonchev–Trinajstić information content (AvgIpc) is 3.00. The van der Waals surface area contributed by atoms with Crippen molar-refractivity contribution in [2.24, 2.45) is 5.92 Å². The first-order valence-electron chi connectivity index (χ1n) is 15.5. The second kappa shape index (κ2) is 21.3. The predicted molar refractivity (Wildman–Crippen MR) is 175 cm³/mol. The number of aromatic carboxylic acids is 1. The van der Waals surface area contributed by atoms with Crippen LogP contribution in [0.1, 0.15) is 68.4 Å². The second-order valence-electron chi connectivity index (χ2n) is 12.1. The minimum atomic E-state index is -1.05. The van der Waals surface area contributed by atoms with E-state index in [0.717, 1.165) is 23.8 Å². The number of hydrogen-bond donors (Lipinski definition) is 5. The molecule has 4 amide bonds. The van der Waals surface area contributed by atoms with Crippen LogP contribution in [0, 0.1) is 17.6 Å². The fraction of sp³-hybridized carbons (Fsp3) is 0.500. The molecule has 0 heterocycles. The minimum absolute atomic E-state index is 0.129. The third-order valence-corrected chi connectivity index (χ3v) is 6.75. The normalized spacial score (nSPS) is 12.7. The molecule has 48 heavy (non-hydrogen) atoms. The van der Waals surface area contributed by atoms with Crippen molar-refractivity contribution in [3.05, 3.63) is 70.8 Å². The molecule has 0 radical (unpaired) electrons. The topological polar surface area (TPSA) is 172 Å². The van der Waals surface area contributed by atoms with Gasteiger partial charge in [-0.05, 0) is 93.8 Å². The highest BCUT2D eigenvalue weighted by Crippen LogP contribution is 2.17. The molecule has 0 saturated carbocycles. The van der Waals surface area contributed by atoms with Crippen LogP contribution < -0.4 is 21.3 Å². The predicted octanol–water partition coefficient (Wildman–Crippen LogP) is 3.76. The highest BCUT2D eigenvalue weighted by molar-refractivity contribution is 5.87. The highest BCUT2D eigenvalue weighted by Gasteiger charge is 2.28. The zero-order valence-electron chi connectivity index (χ0n) is 28.4. The fourth-order valence-corrected chi connectivity index (χ4v) is 4.49. The molecule has 3 atom stereocenters. The maximum atomic E-state index is 13.8. The smallest absolute Gasteiger partial charge is 0.407 e. The lowest BCUT2D eigenvalue weighted by Gasteiger charge is -2.25. The van der Waals surface area contributed by atoms with Crippen molar-refractivity contribution >= 4 is 30.3 Å². The number of carbonyl (C=O) groups is 5. The van der Waals surface area contributed by atoms with Crippen molar-refractivity contribution < 1.29 is 47.3 Å². The standard InChI is InChI=1S/C28H35F2N3O6.C6H13NO2/c1-18(13-21-16-22(29)9-10-23(21)30)14-25(35)31-11-3-4-12-32-27(36)26(39-2)24(33-17-34)15-19-5-7-20(8-6-19)28(37)38;1-6(2,3)9-5(8)7-4/h5-10,16-18,24,26H,3-4,11-15H2,1-2H3,(H,31,35)(H,32,36)(H,33,34)(H,37,38);1-4H3,(H,7,8)/t18?,24-,26+;/m1./s1. The van der Waals surface area contributed by atoms with E-state index >= 15 is 0 Å². The van der Waals surface area contributed by atoms with E-state index in [4.69, 9.17) is 14.6 Å². The number of rotatable bonds is 17. The van der Waals surface area contributed by atoms with Crippen molar-refractivity contribution in [2.45, 2.75) is 77.5 Å². The number of hydrogen-bond acceptors (Lipinski definition) is 7. The molecule has 0 aliphatic rings. The monoisotopic (exact) mass is 678 g/mol. The summed E-state index contributed by atoms with van der Waals surface area (Å²) >= 11 is 0. The van der Waals surface area contributed by atoms with E-state index in [1.165, 1.54) is 26.3 Å². The van der Waals surface area contributed by atoms with E-state index in [2.05, 4.69) is 21.3 Å². The molecule has 1 unspecified atom stereocenters. The largest absolute Gasteiger partial charge is 0.478 e. The van der Waals surface area contributed by atoms with Crippen LogP contribution in [0.15, 0.2) is 42.5 Å². The highest BCUT2D eigenvalue weighted by atomic mass is 19.1. The Morgan fingerprint density at radius 1 is 0.958 bits per heavy atom. The lowest BCUT2D eigenvalue weighted by Crippen LogP contribution is -2.50. The van der Waals surface area contributed by atoms with Gasteiger partial charge in [0, 0.05) is 33.7 Å². The number of ether oxygens (including phenoxy) is 2. The average molecular weight is 679 g/mol. The van der Waals surface area contributed by atoms with Gasteiger partial charge in [0.25, 0.3) is 5.91 Å². The Bertz CT molecular complexity index is 1340. The number of methoxy groups -OCH3 is 1. The molecule has 2 aromatic rings. The van der Waals surface area contributed by atoms with Crippen LogP contribution in [0.4, 0.5) is 13.6 Å². The number of benzene rings is 2. The van der Waals surface area contributed by atoms with Crippen LogP contribution >= 0.6 is 0 Å². The molecule has 0 bridgehead atoms. The number of halogens is 2. The van der Waals surface area contributed by atoms with Crippen LogP contribution in [0.25, 0.3) is 0 Å². The summed E-state index contributed by atoms with van der Waals surface area (Å²) in [5, 5.41) is 19.5. The van der Waals surface area contributed by atoms with Gasteiger partial charge in [-0.1, -0.05) is 19.1 Å². The zero-order valence-corrected chi connectivity index (χ0v) is 28.4. The van der Waals surface area contributed by atoms with Crippen molar-refractivity contribution in [1.82, 2.24) is 21.3 Å².